The third-order valence-electron chi connectivity index (χ3n) is 4.59. The van der Waals surface area contributed by atoms with Gasteiger partial charge in [0.25, 0.3) is 5.91 Å². The van der Waals surface area contributed by atoms with Crippen LogP contribution >= 0.6 is 0 Å². The first-order valence-electron chi connectivity index (χ1n) is 9.83. The SMILES string of the molecule is C=CCC(C)(C)CN(CCCN)C(=O)c1ccccc1OCc1ccccc1. The molecule has 0 saturated carbocycles. The second-order valence-corrected chi connectivity index (χ2v) is 7.80. The molecule has 2 rings (SSSR count). The third kappa shape index (κ3) is 6.54. The molecule has 4 heteroatoms. The van der Waals surface area contributed by atoms with Crippen molar-refractivity contribution in [3.63, 3.8) is 0 Å². The molecule has 0 fully saturated rings. The molecule has 2 N–H and O–H groups in total. The number of carbonyl (C=O) groups excluding carboxylic acids is 1. The topological polar surface area (TPSA) is 55.6 Å². The van der Waals surface area contributed by atoms with Gasteiger partial charge in [-0.2, -0.15) is 0 Å². The van der Waals surface area contributed by atoms with Gasteiger partial charge in [-0.3, -0.25) is 4.79 Å². The average Bonchev–Trinajstić information content (AvgIpc) is 2.70. The molecule has 2 aromatic carbocycles. The molecule has 0 spiro atoms. The number of benzene rings is 2. The van der Waals surface area contributed by atoms with Crippen LogP contribution in [0.15, 0.2) is 67.3 Å². The summed E-state index contributed by atoms with van der Waals surface area (Å²) in [6, 6.07) is 17.4. The summed E-state index contributed by atoms with van der Waals surface area (Å²) in [5, 5.41) is 0. The summed E-state index contributed by atoms with van der Waals surface area (Å²) < 4.78 is 5.99. The highest BCUT2D eigenvalue weighted by molar-refractivity contribution is 5.97. The lowest BCUT2D eigenvalue weighted by molar-refractivity contribution is 0.0679. The van der Waals surface area contributed by atoms with Crippen LogP contribution in [0.3, 0.4) is 0 Å². The summed E-state index contributed by atoms with van der Waals surface area (Å²) in [6.07, 6.45) is 3.51. The van der Waals surface area contributed by atoms with Crippen LogP contribution in [0.4, 0.5) is 0 Å². The van der Waals surface area contributed by atoms with Crippen LogP contribution in [0, 0.1) is 5.41 Å². The molecule has 0 heterocycles. The van der Waals surface area contributed by atoms with Gasteiger partial charge in [-0.1, -0.05) is 62.4 Å². The minimum atomic E-state index is -0.0498. The van der Waals surface area contributed by atoms with Crippen LogP contribution in [0.2, 0.25) is 0 Å². The number of allylic oxidation sites excluding steroid dienone is 1. The van der Waals surface area contributed by atoms with E-state index < -0.39 is 0 Å². The summed E-state index contributed by atoms with van der Waals surface area (Å²) in [5.41, 5.74) is 7.31. The molecule has 4 nitrogen and oxygen atoms in total. The van der Waals surface area contributed by atoms with Gasteiger partial charge in [0.2, 0.25) is 0 Å². The second-order valence-electron chi connectivity index (χ2n) is 7.80. The van der Waals surface area contributed by atoms with Gasteiger partial charge >= 0.3 is 0 Å². The Kier molecular flexibility index (Phi) is 8.27. The Labute approximate surface area is 169 Å². The molecular formula is C24H32N2O2. The number of nitrogens with two attached hydrogens (primary N) is 1. The Morgan fingerprint density at radius 3 is 2.50 bits per heavy atom. The molecule has 0 radical (unpaired) electrons. The highest BCUT2D eigenvalue weighted by atomic mass is 16.5. The van der Waals surface area contributed by atoms with E-state index in [1.807, 2.05) is 65.6 Å². The largest absolute Gasteiger partial charge is 0.488 e. The fourth-order valence-electron chi connectivity index (χ4n) is 3.18. The summed E-state index contributed by atoms with van der Waals surface area (Å²) in [6.45, 7) is 10.4. The van der Waals surface area contributed by atoms with Gasteiger partial charge in [0.05, 0.1) is 5.56 Å². The Hall–Kier alpha value is -2.59. The van der Waals surface area contributed by atoms with E-state index in [0.29, 0.717) is 37.6 Å². The number of rotatable bonds is 11. The Balaban J connectivity index is 2.19. The van der Waals surface area contributed by atoms with Crippen LogP contribution < -0.4 is 10.5 Å². The average molecular weight is 381 g/mol. The Morgan fingerprint density at radius 2 is 1.82 bits per heavy atom. The number of ether oxygens (including phenoxy) is 1. The minimum Gasteiger partial charge on any atom is -0.488 e. The lowest BCUT2D eigenvalue weighted by Crippen LogP contribution is -2.40. The van der Waals surface area contributed by atoms with Crippen LogP contribution in [0.25, 0.3) is 0 Å². The number of para-hydroxylation sites is 1. The molecular weight excluding hydrogens is 348 g/mol. The summed E-state index contributed by atoms with van der Waals surface area (Å²) in [5.74, 6) is 0.588. The van der Waals surface area contributed by atoms with Crippen molar-refractivity contribution < 1.29 is 9.53 Å². The number of carbonyl (C=O) groups is 1. The van der Waals surface area contributed by atoms with E-state index in [4.69, 9.17) is 10.5 Å². The van der Waals surface area contributed by atoms with Crippen LogP contribution in [-0.2, 0) is 6.61 Å². The van der Waals surface area contributed by atoms with Gasteiger partial charge in [0, 0.05) is 13.1 Å². The van der Waals surface area contributed by atoms with Crippen LogP contribution in [-0.4, -0.2) is 30.4 Å². The minimum absolute atomic E-state index is 0.0192. The normalized spacial score (nSPS) is 11.1. The van der Waals surface area contributed by atoms with Crippen LogP contribution in [0.5, 0.6) is 5.75 Å². The Bertz CT molecular complexity index is 756. The number of hydrogen-bond acceptors (Lipinski definition) is 3. The maximum atomic E-state index is 13.3. The molecule has 2 aromatic rings. The molecule has 0 saturated heterocycles. The predicted octanol–water partition coefficient (Wildman–Crippen LogP) is 4.66. The first-order chi connectivity index (χ1) is 13.5. The molecule has 0 atom stereocenters. The maximum absolute atomic E-state index is 13.3. The van der Waals surface area contributed by atoms with E-state index in [2.05, 4.69) is 20.4 Å². The fraction of sp³-hybridized carbons (Fsp3) is 0.375. The highest BCUT2D eigenvalue weighted by Gasteiger charge is 2.26. The smallest absolute Gasteiger partial charge is 0.257 e. The molecule has 0 aliphatic carbocycles. The maximum Gasteiger partial charge on any atom is 0.257 e. The predicted molar refractivity (Wildman–Crippen MR) is 115 cm³/mol. The fourth-order valence-corrected chi connectivity index (χ4v) is 3.18. The number of amides is 1. The van der Waals surface area contributed by atoms with Gasteiger partial charge in [0.1, 0.15) is 12.4 Å². The van der Waals surface area contributed by atoms with Crippen molar-refractivity contribution in [2.75, 3.05) is 19.6 Å². The quantitative estimate of drug-likeness (QED) is 0.577. The van der Waals surface area contributed by atoms with Crippen LogP contribution in [0.1, 0.15) is 42.6 Å². The molecule has 150 valence electrons. The van der Waals surface area contributed by atoms with Gasteiger partial charge in [-0.25, -0.2) is 0 Å². The van der Waals surface area contributed by atoms with E-state index in [1.165, 1.54) is 0 Å². The summed E-state index contributed by atoms with van der Waals surface area (Å²) in [7, 11) is 0. The molecule has 1 amide bonds. The van der Waals surface area contributed by atoms with Crippen molar-refractivity contribution in [3.05, 3.63) is 78.4 Å². The highest BCUT2D eigenvalue weighted by Crippen LogP contribution is 2.26. The molecule has 0 aliphatic heterocycles. The van der Waals surface area contributed by atoms with Crippen molar-refractivity contribution in [3.8, 4) is 5.75 Å². The van der Waals surface area contributed by atoms with Crippen molar-refractivity contribution in [1.29, 1.82) is 0 Å². The third-order valence-corrected chi connectivity index (χ3v) is 4.59. The zero-order valence-electron chi connectivity index (χ0n) is 17.1. The molecule has 0 bridgehead atoms. The lowest BCUT2D eigenvalue weighted by atomic mass is 9.88. The lowest BCUT2D eigenvalue weighted by Gasteiger charge is -2.32. The first-order valence-corrected chi connectivity index (χ1v) is 9.83. The molecule has 28 heavy (non-hydrogen) atoms. The van der Waals surface area contributed by atoms with Crippen molar-refractivity contribution in [2.45, 2.75) is 33.3 Å². The molecule has 0 unspecified atom stereocenters. The summed E-state index contributed by atoms with van der Waals surface area (Å²) >= 11 is 0. The van der Waals surface area contributed by atoms with Gasteiger partial charge < -0.3 is 15.4 Å². The van der Waals surface area contributed by atoms with E-state index >= 15 is 0 Å². The zero-order valence-corrected chi connectivity index (χ0v) is 17.1. The second kappa shape index (κ2) is 10.7. The molecule has 0 aliphatic rings. The standard InChI is InChI=1S/C24H32N2O2/c1-4-15-24(2,3)19-26(17-10-16-25)23(27)21-13-8-9-14-22(21)28-18-20-11-6-5-7-12-20/h4-9,11-14H,1,10,15-19,25H2,2-3H3. The summed E-state index contributed by atoms with van der Waals surface area (Å²) in [4.78, 5) is 15.2. The van der Waals surface area contributed by atoms with E-state index in [1.54, 1.807) is 0 Å². The van der Waals surface area contributed by atoms with E-state index in [9.17, 15) is 4.79 Å². The Morgan fingerprint density at radius 1 is 1.14 bits per heavy atom. The first kappa shape index (κ1) is 21.7. The van der Waals surface area contributed by atoms with Gasteiger partial charge in [-0.15, -0.1) is 6.58 Å². The van der Waals surface area contributed by atoms with Gasteiger partial charge in [0.15, 0.2) is 0 Å². The molecule has 0 aromatic heterocycles. The number of hydrogen-bond donors (Lipinski definition) is 1. The monoisotopic (exact) mass is 380 g/mol. The number of nitrogens with zero attached hydrogens (tertiary/aromatic N) is 1. The van der Waals surface area contributed by atoms with E-state index in [0.717, 1.165) is 18.4 Å². The van der Waals surface area contributed by atoms with Crippen molar-refractivity contribution in [2.24, 2.45) is 11.1 Å². The zero-order chi connectivity index (χ0) is 20.4. The van der Waals surface area contributed by atoms with E-state index in [-0.39, 0.29) is 11.3 Å². The van der Waals surface area contributed by atoms with Crippen molar-refractivity contribution in [1.82, 2.24) is 4.90 Å². The van der Waals surface area contributed by atoms with Gasteiger partial charge in [-0.05, 0) is 42.5 Å². The van der Waals surface area contributed by atoms with Crippen molar-refractivity contribution >= 4 is 5.91 Å².